The second-order valence-electron chi connectivity index (χ2n) is 21.1. The molecule has 422 valence electrons. The summed E-state index contributed by atoms with van der Waals surface area (Å²) in [5, 5.41) is 11.3. The Balaban J connectivity index is 0.976. The molecule has 3 aromatic heterocycles. The summed E-state index contributed by atoms with van der Waals surface area (Å²) < 4.78 is 0. The van der Waals surface area contributed by atoms with E-state index in [2.05, 4.69) is 30.9 Å². The zero-order valence-corrected chi connectivity index (χ0v) is 45.6. The Morgan fingerprint density at radius 3 is 0.890 bits per heavy atom. The average Bonchev–Trinajstić information content (AvgIpc) is 4.38. The number of amides is 3. The van der Waals surface area contributed by atoms with Crippen molar-refractivity contribution in [1.29, 1.82) is 0 Å². The van der Waals surface area contributed by atoms with Crippen molar-refractivity contribution >= 4 is 84.8 Å². The number of carbonyl (C=O) groups excluding carboxylic acids is 6. The molecular weight excluding hydrogens is 1030 g/mol. The SMILES string of the molecule is NCCC[C@@](N)(C(=O)Cc1c[nH]c2ccccc12)C(=O)Nc1ccc(C(c2ccc(NC(=O)[C@@](N)(CCCN)C(=O)Cc3c[nH]c4ccccc34)cc2)c2ccc(NC(=O)[C@@](N)(CCCN)C(=O)Cc3c[nH]c4ccccc34)cc2)cc1. The predicted molar refractivity (Wildman–Crippen MR) is 323 cm³/mol. The van der Waals surface area contributed by atoms with Crippen molar-refractivity contribution in [3.8, 4) is 0 Å². The molecule has 0 aliphatic heterocycles. The van der Waals surface area contributed by atoms with Gasteiger partial charge in [0.25, 0.3) is 17.7 Å². The van der Waals surface area contributed by atoms with E-state index in [0.29, 0.717) is 36.3 Å². The first kappa shape index (κ1) is 57.8. The van der Waals surface area contributed by atoms with Crippen LogP contribution in [0, 0.1) is 0 Å². The maximum absolute atomic E-state index is 14.2. The minimum absolute atomic E-state index is 0.0339. The van der Waals surface area contributed by atoms with Crippen LogP contribution in [-0.2, 0) is 48.0 Å². The molecule has 0 radical (unpaired) electrons. The third-order valence-corrected chi connectivity index (χ3v) is 15.6. The number of carbonyl (C=O) groups is 6. The van der Waals surface area contributed by atoms with Gasteiger partial charge in [-0.25, -0.2) is 0 Å². The molecule has 0 saturated heterocycles. The molecular formula is C64H70N12O6. The smallest absolute Gasteiger partial charge is 0.252 e. The van der Waals surface area contributed by atoms with Crippen molar-refractivity contribution in [3.05, 3.63) is 198 Å². The largest absolute Gasteiger partial charge is 0.361 e. The van der Waals surface area contributed by atoms with Crippen molar-refractivity contribution in [3.63, 3.8) is 0 Å². The van der Waals surface area contributed by atoms with Crippen LogP contribution in [0.1, 0.15) is 77.8 Å². The van der Waals surface area contributed by atoms with Gasteiger partial charge in [-0.2, -0.15) is 0 Å². The van der Waals surface area contributed by atoms with E-state index in [1.807, 2.05) is 109 Å². The first-order valence-corrected chi connectivity index (χ1v) is 27.5. The van der Waals surface area contributed by atoms with Crippen LogP contribution < -0.4 is 50.4 Å². The Hall–Kier alpha value is -8.88. The van der Waals surface area contributed by atoms with E-state index in [0.717, 1.165) is 66.1 Å². The Labute approximate surface area is 474 Å². The molecule has 3 amide bonds. The quantitative estimate of drug-likeness (QED) is 0.0185. The summed E-state index contributed by atoms with van der Waals surface area (Å²) in [7, 11) is 0. The van der Waals surface area contributed by atoms with E-state index in [4.69, 9.17) is 34.4 Å². The van der Waals surface area contributed by atoms with Crippen molar-refractivity contribution in [2.24, 2.45) is 34.4 Å². The van der Waals surface area contributed by atoms with Crippen LogP contribution in [0.5, 0.6) is 0 Å². The number of benzene rings is 6. The summed E-state index contributed by atoms with van der Waals surface area (Å²) in [5.74, 6) is -3.84. The number of anilines is 3. The lowest BCUT2D eigenvalue weighted by Crippen LogP contribution is -2.58. The van der Waals surface area contributed by atoms with Gasteiger partial charge in [-0.3, -0.25) is 28.8 Å². The lowest BCUT2D eigenvalue weighted by atomic mass is 9.84. The molecule has 0 fully saturated rings. The van der Waals surface area contributed by atoms with Crippen LogP contribution in [0.25, 0.3) is 32.7 Å². The monoisotopic (exact) mass is 1100 g/mol. The predicted octanol–water partition coefficient (Wildman–Crippen LogP) is 6.87. The fraction of sp³-hybridized carbons (Fsp3) is 0.250. The van der Waals surface area contributed by atoms with Crippen molar-refractivity contribution in [1.82, 2.24) is 15.0 Å². The van der Waals surface area contributed by atoms with E-state index < -0.39 is 57.6 Å². The molecule has 0 bridgehead atoms. The minimum Gasteiger partial charge on any atom is -0.361 e. The highest BCUT2D eigenvalue weighted by atomic mass is 16.2. The van der Waals surface area contributed by atoms with E-state index in [1.165, 1.54) is 0 Å². The molecule has 9 rings (SSSR count). The average molecular weight is 1100 g/mol. The fourth-order valence-corrected chi connectivity index (χ4v) is 10.7. The number of Topliss-reactive ketones (excluding diaryl/α,β-unsaturated/α-hetero) is 3. The Bertz CT molecular complexity index is 3370. The highest BCUT2D eigenvalue weighted by Crippen LogP contribution is 2.35. The number of ketones is 3. The molecule has 82 heavy (non-hydrogen) atoms. The Morgan fingerprint density at radius 2 is 0.634 bits per heavy atom. The Morgan fingerprint density at radius 1 is 0.378 bits per heavy atom. The number of aromatic nitrogens is 3. The number of fused-ring (bicyclic) bond motifs is 3. The minimum atomic E-state index is -1.88. The number of hydrogen-bond donors (Lipinski definition) is 12. The van der Waals surface area contributed by atoms with Gasteiger partial charge >= 0.3 is 0 Å². The van der Waals surface area contributed by atoms with Crippen LogP contribution in [0.3, 0.4) is 0 Å². The first-order chi connectivity index (χ1) is 39.6. The zero-order valence-electron chi connectivity index (χ0n) is 45.6. The van der Waals surface area contributed by atoms with E-state index >= 15 is 0 Å². The Kier molecular flexibility index (Phi) is 17.8. The molecule has 18 nitrogen and oxygen atoms in total. The summed E-state index contributed by atoms with van der Waals surface area (Å²) in [6.45, 7) is 0.687. The molecule has 0 aliphatic carbocycles. The first-order valence-electron chi connectivity index (χ1n) is 27.5. The van der Waals surface area contributed by atoms with Gasteiger partial charge < -0.3 is 65.3 Å². The van der Waals surface area contributed by atoms with Crippen molar-refractivity contribution in [2.45, 2.75) is 80.3 Å². The van der Waals surface area contributed by atoms with Crippen LogP contribution in [0.2, 0.25) is 0 Å². The summed E-state index contributed by atoms with van der Waals surface area (Å²) in [6.07, 6.45) is 6.18. The molecule has 0 unspecified atom stereocenters. The summed E-state index contributed by atoms with van der Waals surface area (Å²) in [5.41, 5.74) is 40.5. The number of H-pyrrole nitrogens is 3. The van der Waals surface area contributed by atoms with Gasteiger partial charge in [-0.1, -0.05) is 91.0 Å². The molecule has 18 heteroatoms. The van der Waals surface area contributed by atoms with Gasteiger partial charge in [-0.15, -0.1) is 0 Å². The fourth-order valence-electron chi connectivity index (χ4n) is 10.7. The van der Waals surface area contributed by atoms with Gasteiger partial charge in [0.1, 0.15) is 0 Å². The molecule has 3 heterocycles. The topological polar surface area (TPSA) is 342 Å². The van der Waals surface area contributed by atoms with Gasteiger partial charge in [0, 0.05) is 93.5 Å². The summed E-state index contributed by atoms with van der Waals surface area (Å²) in [6, 6.07) is 44.2. The third kappa shape index (κ3) is 12.4. The standard InChI is InChI=1S/C64H70N12O6/c65-31-7-28-62(68,55(77)34-43-37-71-52-13-4-1-10-49(43)52)59(80)74-46-22-16-40(17-23-46)58(41-18-24-47(25-19-41)75-60(81)63(69,29-8-32-66)56(78)35-44-38-72-53-14-5-2-11-50(44)53)42-20-26-48(27-21-42)76-61(82)64(70,30-9-33-67)57(79)36-45-39-73-54-15-6-3-12-51(45)54/h1-6,10-27,37-39,58,71-73H,7-9,28-36,65-70H2,(H,74,80)(H,75,81)(H,76,82)/t62-,63-,64-/m1/s1. The second kappa shape index (κ2) is 25.3. The number of para-hydroxylation sites is 3. The van der Waals surface area contributed by atoms with Gasteiger partial charge in [0.15, 0.2) is 34.0 Å². The highest BCUT2D eigenvalue weighted by molar-refractivity contribution is 6.18. The third-order valence-electron chi connectivity index (χ3n) is 15.6. The van der Waals surface area contributed by atoms with Crippen molar-refractivity contribution < 1.29 is 28.8 Å². The highest BCUT2D eigenvalue weighted by Gasteiger charge is 2.44. The van der Waals surface area contributed by atoms with Crippen LogP contribution in [0.15, 0.2) is 164 Å². The molecule has 0 aliphatic rings. The van der Waals surface area contributed by atoms with E-state index in [9.17, 15) is 28.8 Å². The number of nitrogens with one attached hydrogen (secondary N) is 6. The van der Waals surface area contributed by atoms with E-state index in [1.54, 1.807) is 55.0 Å². The van der Waals surface area contributed by atoms with Crippen LogP contribution in [-0.4, -0.2) is 86.3 Å². The zero-order chi connectivity index (χ0) is 58.0. The lowest BCUT2D eigenvalue weighted by Gasteiger charge is -2.27. The molecule has 0 spiro atoms. The second-order valence-corrected chi connectivity index (χ2v) is 21.1. The number of aromatic amines is 3. The lowest BCUT2D eigenvalue weighted by molar-refractivity contribution is -0.134. The number of nitrogens with two attached hydrogens (primary N) is 6. The van der Waals surface area contributed by atoms with E-state index in [-0.39, 0.29) is 58.2 Å². The molecule has 0 saturated carbocycles. The summed E-state index contributed by atoms with van der Waals surface area (Å²) >= 11 is 0. The van der Waals surface area contributed by atoms with Crippen molar-refractivity contribution in [2.75, 3.05) is 35.6 Å². The molecule has 9 aromatic rings. The summed E-state index contributed by atoms with van der Waals surface area (Å²) in [4.78, 5) is 94.1. The van der Waals surface area contributed by atoms with Gasteiger partial charge in [0.2, 0.25) is 0 Å². The molecule has 18 N–H and O–H groups in total. The van der Waals surface area contributed by atoms with Gasteiger partial charge in [0.05, 0.1) is 0 Å². The normalized spacial score (nSPS) is 13.8. The molecule has 6 aromatic carbocycles. The number of hydrogen-bond acceptors (Lipinski definition) is 12. The van der Waals surface area contributed by atoms with Crippen LogP contribution >= 0.6 is 0 Å². The maximum atomic E-state index is 14.2. The maximum Gasteiger partial charge on any atom is 0.252 e. The molecule has 3 atom stereocenters. The number of rotatable bonds is 27. The van der Waals surface area contributed by atoms with Crippen LogP contribution in [0.4, 0.5) is 17.1 Å². The van der Waals surface area contributed by atoms with Gasteiger partial charge in [-0.05, 0) is 146 Å².